The molecule has 0 radical (unpaired) electrons. The molecule has 0 spiro atoms. The maximum absolute atomic E-state index is 13.9. The minimum atomic E-state index is -1.45. The van der Waals surface area contributed by atoms with Gasteiger partial charge in [0, 0.05) is 39.3 Å². The summed E-state index contributed by atoms with van der Waals surface area (Å²) in [5.41, 5.74) is -2.29. The van der Waals surface area contributed by atoms with E-state index < -0.39 is 62.0 Å². The van der Waals surface area contributed by atoms with Crippen LogP contribution in [0.1, 0.15) is 47.9 Å². The van der Waals surface area contributed by atoms with Crippen molar-refractivity contribution in [2.75, 3.05) is 27.2 Å². The van der Waals surface area contributed by atoms with E-state index in [0.717, 1.165) is 30.3 Å². The van der Waals surface area contributed by atoms with Gasteiger partial charge in [-0.3, -0.25) is 25.0 Å². The molecule has 0 bridgehead atoms. The zero-order valence-corrected chi connectivity index (χ0v) is 21.8. The molecule has 13 nitrogen and oxygen atoms in total. The first-order valence-corrected chi connectivity index (χ1v) is 11.2. The number of rotatable bonds is 8. The number of non-ortho nitro benzene ring substituents is 2. The second kappa shape index (κ2) is 13.7. The molecular formula is C24H28F2N4O9. The first-order valence-electron chi connectivity index (χ1n) is 11.2. The number of ether oxygens (including phenoxy) is 1. The third-order valence-corrected chi connectivity index (χ3v) is 4.83. The predicted octanol–water partition coefficient (Wildman–Crippen LogP) is 4.50. The van der Waals surface area contributed by atoms with E-state index >= 15 is 0 Å². The summed E-state index contributed by atoms with van der Waals surface area (Å²) in [5, 5.41) is 29.1. The molecule has 212 valence electrons. The Labute approximate surface area is 221 Å². The lowest BCUT2D eigenvalue weighted by molar-refractivity contribution is -0.385. The first-order chi connectivity index (χ1) is 17.9. The molecule has 0 aliphatic carbocycles. The zero-order valence-electron chi connectivity index (χ0n) is 21.8. The molecule has 0 saturated heterocycles. The summed E-state index contributed by atoms with van der Waals surface area (Å²) in [4.78, 5) is 56.3. The third-order valence-electron chi connectivity index (χ3n) is 4.83. The number of nitro groups is 2. The highest BCUT2D eigenvalue weighted by atomic mass is 19.1. The number of carbonyl (C=O) groups is 3. The SMILES string of the molecule is CN(CCCN(C)C(=O)c1ccc([N+](=O)[O-])cc1F)C(=O)OC(C)(C)C.O=C(O)c1ccc([N+](=O)[O-])cc1F. The lowest BCUT2D eigenvalue weighted by Gasteiger charge is -2.25. The van der Waals surface area contributed by atoms with E-state index in [4.69, 9.17) is 9.84 Å². The van der Waals surface area contributed by atoms with Crippen molar-refractivity contribution in [3.63, 3.8) is 0 Å². The Kier molecular flexibility index (Phi) is 11.4. The van der Waals surface area contributed by atoms with Crippen LogP contribution in [0, 0.1) is 31.9 Å². The van der Waals surface area contributed by atoms with Gasteiger partial charge < -0.3 is 19.6 Å². The predicted molar refractivity (Wildman–Crippen MR) is 134 cm³/mol. The van der Waals surface area contributed by atoms with Crippen LogP contribution in [-0.4, -0.2) is 75.5 Å². The summed E-state index contributed by atoms with van der Waals surface area (Å²) in [6.07, 6.45) is -0.0000496. The first kappa shape index (κ1) is 32.3. The fourth-order valence-corrected chi connectivity index (χ4v) is 2.87. The van der Waals surface area contributed by atoms with Gasteiger partial charge in [-0.25, -0.2) is 18.4 Å². The monoisotopic (exact) mass is 554 g/mol. The summed E-state index contributed by atoms with van der Waals surface area (Å²) in [7, 11) is 3.09. The normalized spacial score (nSPS) is 10.5. The molecule has 15 heteroatoms. The smallest absolute Gasteiger partial charge is 0.410 e. The number of amides is 2. The minimum absolute atomic E-state index is 0.237. The summed E-state index contributed by atoms with van der Waals surface area (Å²) >= 11 is 0. The number of hydrogen-bond acceptors (Lipinski definition) is 8. The van der Waals surface area contributed by atoms with Crippen molar-refractivity contribution in [2.24, 2.45) is 0 Å². The van der Waals surface area contributed by atoms with Crippen LogP contribution in [0.5, 0.6) is 0 Å². The molecule has 2 aromatic carbocycles. The van der Waals surface area contributed by atoms with E-state index in [1.165, 1.54) is 16.8 Å². The topological polar surface area (TPSA) is 173 Å². The van der Waals surface area contributed by atoms with Gasteiger partial charge in [-0.05, 0) is 39.3 Å². The van der Waals surface area contributed by atoms with E-state index in [2.05, 4.69) is 0 Å². The molecule has 2 rings (SSSR count). The van der Waals surface area contributed by atoms with Gasteiger partial charge in [-0.1, -0.05) is 0 Å². The molecule has 0 aliphatic heterocycles. The fourth-order valence-electron chi connectivity index (χ4n) is 2.87. The quantitative estimate of drug-likeness (QED) is 0.364. The molecule has 0 aromatic heterocycles. The lowest BCUT2D eigenvalue weighted by Crippen LogP contribution is -2.36. The number of carboxylic acid groups (broad SMARTS) is 1. The Morgan fingerprint density at radius 3 is 1.69 bits per heavy atom. The molecule has 0 fully saturated rings. The average Bonchev–Trinajstić information content (AvgIpc) is 2.82. The van der Waals surface area contributed by atoms with Crippen molar-refractivity contribution in [1.82, 2.24) is 9.80 Å². The van der Waals surface area contributed by atoms with E-state index in [1.807, 2.05) is 0 Å². The van der Waals surface area contributed by atoms with Gasteiger partial charge in [-0.15, -0.1) is 0 Å². The Hall–Kier alpha value is -4.69. The van der Waals surface area contributed by atoms with Crippen molar-refractivity contribution >= 4 is 29.3 Å². The van der Waals surface area contributed by atoms with Crippen LogP contribution in [0.4, 0.5) is 25.0 Å². The van der Waals surface area contributed by atoms with Gasteiger partial charge in [0.25, 0.3) is 17.3 Å². The molecule has 0 unspecified atom stereocenters. The maximum Gasteiger partial charge on any atom is 0.410 e. The summed E-state index contributed by atoms with van der Waals surface area (Å²) in [5.74, 6) is -4.09. The highest BCUT2D eigenvalue weighted by Gasteiger charge is 2.21. The van der Waals surface area contributed by atoms with Crippen LogP contribution < -0.4 is 0 Å². The number of nitrogens with zero attached hydrogens (tertiary/aromatic N) is 4. The third kappa shape index (κ3) is 10.3. The van der Waals surface area contributed by atoms with Gasteiger partial charge >= 0.3 is 12.1 Å². The summed E-state index contributed by atoms with van der Waals surface area (Å²) < 4.78 is 31.9. The van der Waals surface area contributed by atoms with Crippen LogP contribution in [-0.2, 0) is 4.74 Å². The van der Waals surface area contributed by atoms with Crippen LogP contribution in [0.25, 0.3) is 0 Å². The van der Waals surface area contributed by atoms with Gasteiger partial charge in [0.1, 0.15) is 17.2 Å². The van der Waals surface area contributed by atoms with E-state index in [9.17, 15) is 43.4 Å². The molecule has 0 atom stereocenters. The van der Waals surface area contributed by atoms with E-state index in [0.29, 0.717) is 19.0 Å². The molecule has 2 amide bonds. The van der Waals surface area contributed by atoms with Crippen LogP contribution in [0.15, 0.2) is 36.4 Å². The Balaban J connectivity index is 0.000000487. The van der Waals surface area contributed by atoms with Crippen LogP contribution >= 0.6 is 0 Å². The summed E-state index contributed by atoms with van der Waals surface area (Å²) in [6.45, 7) is 5.94. The highest BCUT2D eigenvalue weighted by Crippen LogP contribution is 2.18. The molecule has 0 saturated carbocycles. The number of carbonyl (C=O) groups excluding carboxylic acids is 2. The molecule has 0 heterocycles. The second-order valence-electron chi connectivity index (χ2n) is 9.13. The molecule has 39 heavy (non-hydrogen) atoms. The van der Waals surface area contributed by atoms with E-state index in [-0.39, 0.29) is 12.1 Å². The van der Waals surface area contributed by atoms with Crippen molar-refractivity contribution < 1.29 is 42.9 Å². The standard InChI is InChI=1S/C17H24FN3O5.C7H4FNO4/c1-17(2,3)26-16(23)20(5)10-6-9-19(4)15(22)13-8-7-12(21(24)25)11-14(13)18;8-6-3-4(9(12)13)1-2-5(6)7(10)11/h7-8,11H,6,9-10H2,1-5H3;1-3H,(H,10,11). The molecule has 0 aliphatic rings. The number of aromatic carboxylic acids is 1. The molecule has 2 aromatic rings. The van der Waals surface area contributed by atoms with Crippen LogP contribution in [0.3, 0.4) is 0 Å². The van der Waals surface area contributed by atoms with Crippen molar-refractivity contribution in [1.29, 1.82) is 0 Å². The Morgan fingerprint density at radius 2 is 1.31 bits per heavy atom. The molecule has 1 N–H and O–H groups in total. The zero-order chi connectivity index (χ0) is 30.1. The second-order valence-corrected chi connectivity index (χ2v) is 9.13. The minimum Gasteiger partial charge on any atom is -0.478 e. The fraction of sp³-hybridized carbons (Fsp3) is 0.375. The Bertz CT molecular complexity index is 1250. The van der Waals surface area contributed by atoms with Gasteiger partial charge in [0.2, 0.25) is 0 Å². The van der Waals surface area contributed by atoms with Crippen molar-refractivity contribution in [2.45, 2.75) is 32.8 Å². The van der Waals surface area contributed by atoms with Crippen LogP contribution in [0.2, 0.25) is 0 Å². The van der Waals surface area contributed by atoms with Crippen molar-refractivity contribution in [3.05, 3.63) is 79.4 Å². The van der Waals surface area contributed by atoms with Gasteiger partial charge in [0.15, 0.2) is 0 Å². The van der Waals surface area contributed by atoms with E-state index in [1.54, 1.807) is 27.8 Å². The van der Waals surface area contributed by atoms with Crippen molar-refractivity contribution in [3.8, 4) is 0 Å². The maximum atomic E-state index is 13.9. The lowest BCUT2D eigenvalue weighted by atomic mass is 10.1. The number of halogens is 2. The Morgan fingerprint density at radius 1 is 0.872 bits per heavy atom. The number of carboxylic acids is 1. The summed E-state index contributed by atoms with van der Waals surface area (Å²) in [6, 6.07) is 5.27. The number of nitro benzene ring substituents is 2. The number of hydrogen-bond donors (Lipinski definition) is 1. The molecular weight excluding hydrogens is 526 g/mol. The highest BCUT2D eigenvalue weighted by molar-refractivity contribution is 5.94. The van der Waals surface area contributed by atoms with Gasteiger partial charge in [-0.2, -0.15) is 0 Å². The van der Waals surface area contributed by atoms with Gasteiger partial charge in [0.05, 0.1) is 33.1 Å². The number of benzene rings is 2. The average molecular weight is 555 g/mol. The largest absolute Gasteiger partial charge is 0.478 e.